The molecule has 1 N–H and O–H groups in total. The van der Waals surface area contributed by atoms with E-state index in [1.807, 2.05) is 0 Å². The van der Waals surface area contributed by atoms with Crippen LogP contribution >= 0.6 is 0 Å². The molecule has 112 valence electrons. The van der Waals surface area contributed by atoms with Crippen LogP contribution in [0.1, 0.15) is 48.0 Å². The van der Waals surface area contributed by atoms with E-state index in [0.29, 0.717) is 23.6 Å². The Bertz CT molecular complexity index is 428. The Kier molecular flexibility index (Phi) is 5.17. The Morgan fingerprint density at radius 3 is 2.70 bits per heavy atom. The summed E-state index contributed by atoms with van der Waals surface area (Å²) in [6, 6.07) is 0. The molecule has 1 aliphatic rings. The predicted molar refractivity (Wildman–Crippen MR) is 77.8 cm³/mol. The van der Waals surface area contributed by atoms with Gasteiger partial charge >= 0.3 is 0 Å². The van der Waals surface area contributed by atoms with Crippen molar-refractivity contribution in [3.05, 3.63) is 17.0 Å². The Morgan fingerprint density at radius 1 is 1.40 bits per heavy atom. The van der Waals surface area contributed by atoms with Crippen LogP contribution in [0.3, 0.4) is 0 Å². The average Bonchev–Trinajstić information content (AvgIpc) is 2.76. The molecule has 1 aliphatic heterocycles. The number of likely N-dealkylation sites (tertiary alicyclic amines) is 1. The highest BCUT2D eigenvalue weighted by atomic mass is 16.5. The lowest BCUT2D eigenvalue weighted by Crippen LogP contribution is -2.35. The Hall–Kier alpha value is -1.36. The summed E-state index contributed by atoms with van der Waals surface area (Å²) in [5.41, 5.74) is 1.24. The van der Waals surface area contributed by atoms with Gasteiger partial charge in [-0.25, -0.2) is 0 Å². The van der Waals surface area contributed by atoms with Crippen LogP contribution in [0, 0.1) is 19.8 Å². The molecule has 2 rings (SSSR count). The minimum Gasteiger partial charge on any atom is -0.361 e. The van der Waals surface area contributed by atoms with E-state index >= 15 is 0 Å². The van der Waals surface area contributed by atoms with Crippen LogP contribution in [0.15, 0.2) is 4.52 Å². The van der Waals surface area contributed by atoms with Gasteiger partial charge in [0.15, 0.2) is 0 Å². The summed E-state index contributed by atoms with van der Waals surface area (Å²) in [6.07, 6.45) is 3.58. The van der Waals surface area contributed by atoms with Crippen LogP contribution < -0.4 is 5.32 Å². The highest BCUT2D eigenvalue weighted by Crippen LogP contribution is 2.16. The van der Waals surface area contributed by atoms with Crippen molar-refractivity contribution in [3.63, 3.8) is 0 Å². The number of hydrogen-bond donors (Lipinski definition) is 1. The van der Waals surface area contributed by atoms with E-state index in [-0.39, 0.29) is 5.91 Å². The number of piperidine rings is 1. The SMILES string of the molecule is Cc1noc(C)c1C(=O)NCCCN1CCC(C)CC1. The summed E-state index contributed by atoms with van der Waals surface area (Å²) >= 11 is 0. The van der Waals surface area contributed by atoms with Gasteiger partial charge in [0.05, 0.1) is 5.69 Å². The number of nitrogens with one attached hydrogen (secondary N) is 1. The number of amides is 1. The van der Waals surface area contributed by atoms with Gasteiger partial charge < -0.3 is 14.7 Å². The third-order valence-electron chi connectivity index (χ3n) is 4.07. The number of carbonyl (C=O) groups is 1. The van der Waals surface area contributed by atoms with E-state index in [4.69, 9.17) is 4.52 Å². The summed E-state index contributed by atoms with van der Waals surface area (Å²) < 4.78 is 5.01. The minimum atomic E-state index is -0.0754. The molecule has 0 unspecified atom stereocenters. The van der Waals surface area contributed by atoms with E-state index in [1.165, 1.54) is 25.9 Å². The highest BCUT2D eigenvalue weighted by molar-refractivity contribution is 5.96. The molecule has 0 bridgehead atoms. The van der Waals surface area contributed by atoms with Crippen molar-refractivity contribution in [2.45, 2.75) is 40.0 Å². The van der Waals surface area contributed by atoms with Crippen molar-refractivity contribution in [1.29, 1.82) is 0 Å². The lowest BCUT2D eigenvalue weighted by molar-refractivity contribution is 0.0948. The Labute approximate surface area is 120 Å². The lowest BCUT2D eigenvalue weighted by Gasteiger charge is -2.30. The van der Waals surface area contributed by atoms with Gasteiger partial charge in [-0.2, -0.15) is 0 Å². The first-order valence-electron chi connectivity index (χ1n) is 7.51. The molecule has 5 nitrogen and oxygen atoms in total. The molecule has 1 fully saturated rings. The fraction of sp³-hybridized carbons (Fsp3) is 0.733. The van der Waals surface area contributed by atoms with E-state index in [9.17, 15) is 4.79 Å². The van der Waals surface area contributed by atoms with Crippen molar-refractivity contribution < 1.29 is 9.32 Å². The second-order valence-corrected chi connectivity index (χ2v) is 5.83. The van der Waals surface area contributed by atoms with Crippen LogP contribution in [0.4, 0.5) is 0 Å². The van der Waals surface area contributed by atoms with Crippen molar-refractivity contribution in [1.82, 2.24) is 15.4 Å². The normalized spacial score (nSPS) is 17.4. The first-order chi connectivity index (χ1) is 9.58. The van der Waals surface area contributed by atoms with Crippen LogP contribution in [-0.4, -0.2) is 42.1 Å². The molecule has 0 radical (unpaired) electrons. The molecule has 1 amide bonds. The molecule has 1 aromatic rings. The molecule has 5 heteroatoms. The summed E-state index contributed by atoms with van der Waals surface area (Å²) in [5, 5.41) is 6.75. The van der Waals surface area contributed by atoms with Gasteiger partial charge in [-0.15, -0.1) is 0 Å². The molecule has 1 saturated heterocycles. The Morgan fingerprint density at radius 2 is 2.10 bits per heavy atom. The number of rotatable bonds is 5. The molecule has 2 heterocycles. The summed E-state index contributed by atoms with van der Waals surface area (Å²) in [7, 11) is 0. The van der Waals surface area contributed by atoms with Crippen molar-refractivity contribution in [3.8, 4) is 0 Å². The third kappa shape index (κ3) is 3.82. The molecule has 0 spiro atoms. The number of hydrogen-bond acceptors (Lipinski definition) is 4. The molecule has 0 saturated carbocycles. The zero-order chi connectivity index (χ0) is 14.5. The molecule has 0 aromatic carbocycles. The molecule has 20 heavy (non-hydrogen) atoms. The fourth-order valence-corrected chi connectivity index (χ4v) is 2.69. The predicted octanol–water partition coefficient (Wildman–Crippen LogP) is 2.14. The van der Waals surface area contributed by atoms with E-state index in [2.05, 4.69) is 22.3 Å². The zero-order valence-electron chi connectivity index (χ0n) is 12.7. The largest absolute Gasteiger partial charge is 0.361 e. The van der Waals surface area contributed by atoms with Crippen molar-refractivity contribution in [2.24, 2.45) is 5.92 Å². The van der Waals surface area contributed by atoms with Gasteiger partial charge in [0.25, 0.3) is 5.91 Å². The van der Waals surface area contributed by atoms with Gasteiger partial charge in [-0.1, -0.05) is 12.1 Å². The summed E-state index contributed by atoms with van der Waals surface area (Å²) in [6.45, 7) is 10.0. The highest BCUT2D eigenvalue weighted by Gasteiger charge is 2.17. The van der Waals surface area contributed by atoms with Crippen molar-refractivity contribution >= 4 is 5.91 Å². The number of aryl methyl sites for hydroxylation is 2. The van der Waals surface area contributed by atoms with Gasteiger partial charge in [0.2, 0.25) is 0 Å². The fourth-order valence-electron chi connectivity index (χ4n) is 2.69. The molecule has 0 aliphatic carbocycles. The lowest BCUT2D eigenvalue weighted by atomic mass is 9.99. The maximum atomic E-state index is 12.0. The average molecular weight is 279 g/mol. The minimum absolute atomic E-state index is 0.0754. The van der Waals surface area contributed by atoms with Crippen LogP contribution in [0.2, 0.25) is 0 Å². The summed E-state index contributed by atoms with van der Waals surface area (Å²) in [5.74, 6) is 1.38. The first-order valence-corrected chi connectivity index (χ1v) is 7.51. The second-order valence-electron chi connectivity index (χ2n) is 5.83. The monoisotopic (exact) mass is 279 g/mol. The van der Waals surface area contributed by atoms with Gasteiger partial charge in [0, 0.05) is 6.54 Å². The third-order valence-corrected chi connectivity index (χ3v) is 4.07. The molecule has 1 aromatic heterocycles. The molecule has 0 atom stereocenters. The van der Waals surface area contributed by atoms with Crippen LogP contribution in [-0.2, 0) is 0 Å². The van der Waals surface area contributed by atoms with Crippen LogP contribution in [0.25, 0.3) is 0 Å². The zero-order valence-corrected chi connectivity index (χ0v) is 12.7. The first kappa shape index (κ1) is 15.0. The topological polar surface area (TPSA) is 58.4 Å². The van der Waals surface area contributed by atoms with Gasteiger partial charge in [-0.3, -0.25) is 4.79 Å². The molecular formula is C15H25N3O2. The maximum Gasteiger partial charge on any atom is 0.256 e. The van der Waals surface area contributed by atoms with Crippen molar-refractivity contribution in [2.75, 3.05) is 26.2 Å². The number of carbonyl (C=O) groups excluding carboxylic acids is 1. The van der Waals surface area contributed by atoms with E-state index in [1.54, 1.807) is 13.8 Å². The Balaban J connectivity index is 1.67. The summed E-state index contributed by atoms with van der Waals surface area (Å²) in [4.78, 5) is 14.5. The smallest absolute Gasteiger partial charge is 0.256 e. The maximum absolute atomic E-state index is 12.0. The second kappa shape index (κ2) is 6.88. The quantitative estimate of drug-likeness (QED) is 0.839. The van der Waals surface area contributed by atoms with E-state index < -0.39 is 0 Å². The van der Waals surface area contributed by atoms with E-state index in [0.717, 1.165) is 18.9 Å². The molecular weight excluding hydrogens is 254 g/mol. The van der Waals surface area contributed by atoms with Crippen LogP contribution in [0.5, 0.6) is 0 Å². The van der Waals surface area contributed by atoms with Gasteiger partial charge in [-0.05, 0) is 58.7 Å². The number of nitrogens with zero attached hydrogens (tertiary/aromatic N) is 2. The number of aromatic nitrogens is 1. The standard InChI is InChI=1S/C15H25N3O2/c1-11-5-9-18(10-6-11)8-4-7-16-15(19)14-12(2)17-20-13(14)3/h11H,4-10H2,1-3H3,(H,16,19). The van der Waals surface area contributed by atoms with Gasteiger partial charge in [0.1, 0.15) is 11.3 Å².